The maximum absolute atomic E-state index is 13.7. The number of nitrogens with one attached hydrogen (secondary N) is 1. The second-order valence-corrected chi connectivity index (χ2v) is 11.4. The number of halogens is 5. The smallest absolute Gasteiger partial charge is 0.379 e. The first-order chi connectivity index (χ1) is 21.5. The Morgan fingerprint density at radius 2 is 1.53 bits per heavy atom. The van der Waals surface area contributed by atoms with Crippen molar-refractivity contribution in [2.75, 3.05) is 49.2 Å². The molecule has 0 unspecified atom stereocenters. The van der Waals surface area contributed by atoms with Crippen molar-refractivity contribution in [2.24, 2.45) is 10.7 Å². The van der Waals surface area contributed by atoms with Gasteiger partial charge in [0, 0.05) is 60.9 Å². The first kappa shape index (κ1) is 33.7. The van der Waals surface area contributed by atoms with Gasteiger partial charge in [0.1, 0.15) is 17.5 Å². The van der Waals surface area contributed by atoms with Gasteiger partial charge in [-0.1, -0.05) is 25.3 Å². The molecule has 1 aliphatic carbocycles. The molecule has 1 aliphatic heterocycles. The summed E-state index contributed by atoms with van der Waals surface area (Å²) < 4.78 is 56.4. The second-order valence-electron chi connectivity index (χ2n) is 11.4. The topological polar surface area (TPSA) is 100.0 Å². The summed E-state index contributed by atoms with van der Waals surface area (Å²) in [5.74, 6) is -1.74. The van der Waals surface area contributed by atoms with E-state index >= 15 is 0 Å². The summed E-state index contributed by atoms with van der Waals surface area (Å²) in [6.45, 7) is 0.161. The monoisotopic (exact) mass is 630 g/mol. The van der Waals surface area contributed by atoms with Gasteiger partial charge in [-0.15, -0.1) is 0 Å². The number of carbonyl (C=O) groups is 1. The number of likely N-dealkylation sites (N-methyl/N-ethyl adjacent to an activating group) is 1. The number of benzene rings is 3. The molecule has 1 saturated heterocycles. The van der Waals surface area contributed by atoms with Crippen LogP contribution >= 0.6 is 0 Å². The molecule has 0 spiro atoms. The highest BCUT2D eigenvalue weighted by atomic mass is 19.4. The van der Waals surface area contributed by atoms with Crippen molar-refractivity contribution in [3.05, 3.63) is 88.5 Å². The van der Waals surface area contributed by atoms with E-state index in [1.807, 2.05) is 12.1 Å². The van der Waals surface area contributed by atoms with E-state index in [2.05, 4.69) is 33.2 Å². The third kappa shape index (κ3) is 9.90. The lowest BCUT2D eigenvalue weighted by atomic mass is 9.95. The van der Waals surface area contributed by atoms with E-state index in [9.17, 15) is 26.7 Å². The molecule has 3 aromatic carbocycles. The molecule has 1 saturated carbocycles. The number of nitrogen functional groups attached to an aromatic ring is 1. The number of carbonyl (C=O) groups excluding carboxylic acids is 1. The van der Waals surface area contributed by atoms with Gasteiger partial charge >= 0.3 is 6.68 Å². The fraction of sp³-hybridized carbons (Fsp3) is 0.394. The Hall–Kier alpha value is -4.19. The fourth-order valence-electron chi connectivity index (χ4n) is 5.68. The minimum Gasteiger partial charge on any atom is -0.398 e. The van der Waals surface area contributed by atoms with Gasteiger partial charge in [0.15, 0.2) is 0 Å². The molecule has 1 heterocycles. The van der Waals surface area contributed by atoms with Crippen LogP contribution in [-0.4, -0.2) is 62.6 Å². The normalized spacial score (nSPS) is 16.3. The number of hydrogen-bond donors (Lipinski definition) is 3. The molecular weight excluding hydrogens is 591 g/mol. The van der Waals surface area contributed by atoms with Crippen molar-refractivity contribution in [2.45, 2.75) is 51.2 Å². The average molecular weight is 631 g/mol. The van der Waals surface area contributed by atoms with Crippen LogP contribution in [0.2, 0.25) is 0 Å². The molecule has 0 bridgehead atoms. The lowest BCUT2D eigenvalue weighted by molar-refractivity contribution is 0.00818. The van der Waals surface area contributed by atoms with Gasteiger partial charge in [0.25, 0.3) is 5.91 Å². The summed E-state index contributed by atoms with van der Waals surface area (Å²) in [4.78, 5) is 22.4. The van der Waals surface area contributed by atoms with Crippen LogP contribution in [0.15, 0.2) is 59.6 Å². The molecule has 0 atom stereocenters. The number of nitrogens with two attached hydrogens (primary N) is 2. The van der Waals surface area contributed by atoms with Crippen LogP contribution in [0.5, 0.6) is 0 Å². The van der Waals surface area contributed by atoms with E-state index < -0.39 is 24.2 Å². The van der Waals surface area contributed by atoms with Crippen molar-refractivity contribution in [1.29, 1.82) is 0 Å². The number of aliphatic imine (C=N–C) groups is 1. The van der Waals surface area contributed by atoms with Gasteiger partial charge in [-0.2, -0.15) is 18.2 Å². The van der Waals surface area contributed by atoms with E-state index in [0.29, 0.717) is 28.4 Å². The highest BCUT2D eigenvalue weighted by Gasteiger charge is 2.21. The fourth-order valence-corrected chi connectivity index (χ4v) is 5.68. The van der Waals surface area contributed by atoms with Crippen molar-refractivity contribution in [1.82, 2.24) is 4.90 Å². The van der Waals surface area contributed by atoms with Gasteiger partial charge in [0.2, 0.25) is 0 Å². The Balaban J connectivity index is 0.00000109. The number of alkyl halides is 3. The number of nitrogens with zero attached hydrogens (tertiary/aromatic N) is 3. The summed E-state index contributed by atoms with van der Waals surface area (Å²) in [6.07, 6.45) is 5.98. The van der Waals surface area contributed by atoms with Crippen molar-refractivity contribution in [3.8, 4) is 0 Å². The largest absolute Gasteiger partial charge is 0.398 e. The SMILES string of the molecule is CN1CCN(c2ccc(C(=O)N=C(N)c3cc(Cc4cc(F)cc(F)c4)ccc3N)c(NC3CCCCC3)c2)CC1.FC(F)F. The predicted octanol–water partition coefficient (Wildman–Crippen LogP) is 6.36. The zero-order valence-corrected chi connectivity index (χ0v) is 25.2. The molecule has 0 radical (unpaired) electrons. The van der Waals surface area contributed by atoms with Crippen molar-refractivity contribution in [3.63, 3.8) is 0 Å². The third-order valence-electron chi connectivity index (χ3n) is 8.01. The van der Waals surface area contributed by atoms with Crippen LogP contribution < -0.4 is 21.7 Å². The molecule has 2 aliphatic rings. The van der Waals surface area contributed by atoms with E-state index in [4.69, 9.17) is 11.5 Å². The van der Waals surface area contributed by atoms with Crippen LogP contribution in [0.25, 0.3) is 0 Å². The molecule has 3 aromatic rings. The van der Waals surface area contributed by atoms with Crippen molar-refractivity contribution < 1.29 is 26.7 Å². The Labute approximate surface area is 260 Å². The first-order valence-corrected chi connectivity index (χ1v) is 15.0. The summed E-state index contributed by atoms with van der Waals surface area (Å²) in [5.41, 5.74) is 16.8. The van der Waals surface area contributed by atoms with Gasteiger partial charge in [-0.3, -0.25) is 4.79 Å². The van der Waals surface area contributed by atoms with E-state index in [1.165, 1.54) is 31.4 Å². The maximum Gasteiger partial charge on any atom is 0.379 e. The second kappa shape index (κ2) is 15.7. The van der Waals surface area contributed by atoms with Crippen LogP contribution in [0.4, 0.5) is 39.0 Å². The van der Waals surface area contributed by atoms with Crippen LogP contribution in [0.3, 0.4) is 0 Å². The zero-order chi connectivity index (χ0) is 32.5. The number of amidine groups is 1. The summed E-state index contributed by atoms with van der Waals surface area (Å²) >= 11 is 0. The standard InChI is InChI=1S/C32H38F2N6O.CHF3/c1-39-11-13-40(14-12-39)26-8-9-27(30(20-26)37-25-5-3-2-4-6-25)32(41)38-31(36)28-18-21(7-10-29(28)35)15-22-16-23(33)19-24(34)17-22;2-1(3)4/h7-10,16-20,25,37H,2-6,11-15,35H2,1H3,(H2,36,38,41);1H. The predicted molar refractivity (Wildman–Crippen MR) is 169 cm³/mol. The molecule has 0 aromatic heterocycles. The van der Waals surface area contributed by atoms with Gasteiger partial charge in [-0.25, -0.2) is 8.78 Å². The van der Waals surface area contributed by atoms with E-state index in [0.717, 1.165) is 62.0 Å². The Morgan fingerprint density at radius 1 is 0.889 bits per heavy atom. The summed E-state index contributed by atoms with van der Waals surface area (Å²) in [5, 5.41) is 3.63. The lowest BCUT2D eigenvalue weighted by Gasteiger charge is -2.34. The molecule has 7 nitrogen and oxygen atoms in total. The molecule has 45 heavy (non-hydrogen) atoms. The average Bonchev–Trinajstić information content (AvgIpc) is 2.98. The molecule has 2 fully saturated rings. The number of anilines is 3. The van der Waals surface area contributed by atoms with E-state index in [1.54, 1.807) is 18.2 Å². The first-order valence-electron chi connectivity index (χ1n) is 15.0. The quantitative estimate of drug-likeness (QED) is 0.122. The maximum atomic E-state index is 13.7. The zero-order valence-electron chi connectivity index (χ0n) is 25.2. The molecule has 242 valence electrons. The highest BCUT2D eigenvalue weighted by molar-refractivity contribution is 6.12. The minimum absolute atomic E-state index is 0.00784. The van der Waals surface area contributed by atoms with E-state index in [-0.39, 0.29) is 12.3 Å². The molecular formula is C33H39F5N6O. The third-order valence-corrected chi connectivity index (χ3v) is 8.01. The van der Waals surface area contributed by atoms with Crippen molar-refractivity contribution >= 4 is 28.8 Å². The molecule has 1 amide bonds. The lowest BCUT2D eigenvalue weighted by Crippen LogP contribution is -2.44. The summed E-state index contributed by atoms with van der Waals surface area (Å²) in [7, 11) is 2.13. The summed E-state index contributed by atoms with van der Waals surface area (Å²) in [6, 6.07) is 14.7. The number of amides is 1. The van der Waals surface area contributed by atoms with Crippen LogP contribution in [0, 0.1) is 11.6 Å². The number of piperazine rings is 1. The molecule has 5 N–H and O–H groups in total. The van der Waals surface area contributed by atoms with Gasteiger partial charge in [-0.05, 0) is 79.9 Å². The molecule has 12 heteroatoms. The molecule has 5 rings (SSSR count). The number of hydrogen-bond acceptors (Lipinski definition) is 5. The minimum atomic E-state index is -3.67. The number of rotatable bonds is 7. The van der Waals surface area contributed by atoms with Gasteiger partial charge < -0.3 is 26.6 Å². The Kier molecular flexibility index (Phi) is 11.8. The van der Waals surface area contributed by atoms with Gasteiger partial charge in [0.05, 0.1) is 5.56 Å². The Morgan fingerprint density at radius 3 is 2.18 bits per heavy atom. The van der Waals surface area contributed by atoms with Crippen LogP contribution in [-0.2, 0) is 6.42 Å². The van der Waals surface area contributed by atoms with Crippen LogP contribution in [0.1, 0.15) is 59.2 Å². The highest BCUT2D eigenvalue weighted by Crippen LogP contribution is 2.29. The Bertz CT molecular complexity index is 1460.